The summed E-state index contributed by atoms with van der Waals surface area (Å²) in [4.78, 5) is 24.1. The van der Waals surface area contributed by atoms with Crippen molar-refractivity contribution in [1.82, 2.24) is 10.6 Å². The van der Waals surface area contributed by atoms with E-state index in [0.29, 0.717) is 47.3 Å². The van der Waals surface area contributed by atoms with Crippen LogP contribution in [-0.2, 0) is 9.47 Å². The Balaban J connectivity index is 0.000000198. The van der Waals surface area contributed by atoms with Gasteiger partial charge in [-0.2, -0.15) is 10.5 Å². The molecule has 2 aliphatic heterocycles. The molecule has 6 rings (SSSR count). The molecule has 2 saturated heterocycles. The molecular formula is C36H33ClF2N8O4. The molecule has 0 aliphatic carbocycles. The largest absolute Gasteiger partial charge is 0.371 e. The molecule has 0 aromatic heterocycles. The SMILES string of the molecule is N#Cc1cc(F)cc(NC(=O)Nc2ccc([C@H]3CNCCO3)cc2F)c1.N#Cc1cccc(NC(=O)Nc2ccc([C@@H]3CNCCO3)cc2Cl)c1. The summed E-state index contributed by atoms with van der Waals surface area (Å²) in [6.45, 7) is 4.13. The number of urea groups is 2. The standard InChI is InChI=1S/C18H17ClN4O2.C18H16F2N4O2/c19-15-9-13(17-11-21-6-7-25-17)4-5-16(15)23-18(24)22-14-3-1-2-12(8-14)10-20;19-13-5-11(9-21)6-14(8-13)23-18(25)24-16-2-1-12(7-15(16)20)17-10-22-3-4-26-17/h1-5,8-9,17,21H,6-7,11H2,(H2,22,23,24);1-2,5-8,17,22H,3-4,10H2,(H2,23,24,25)/t2*17-/m01/s1. The fourth-order valence-electron chi connectivity index (χ4n) is 5.19. The molecule has 0 spiro atoms. The predicted molar refractivity (Wildman–Crippen MR) is 189 cm³/mol. The molecule has 51 heavy (non-hydrogen) atoms. The number of hydrogen-bond acceptors (Lipinski definition) is 8. The van der Waals surface area contributed by atoms with E-state index in [4.69, 9.17) is 31.6 Å². The molecule has 262 valence electrons. The van der Waals surface area contributed by atoms with Crippen LogP contribution >= 0.6 is 11.6 Å². The van der Waals surface area contributed by atoms with Crippen LogP contribution in [-0.4, -0.2) is 51.5 Å². The van der Waals surface area contributed by atoms with Crippen LogP contribution in [0.5, 0.6) is 0 Å². The number of carbonyl (C=O) groups is 2. The van der Waals surface area contributed by atoms with E-state index in [9.17, 15) is 18.4 Å². The second-order valence-corrected chi connectivity index (χ2v) is 11.7. The van der Waals surface area contributed by atoms with E-state index in [-0.39, 0.29) is 29.1 Å². The lowest BCUT2D eigenvalue weighted by Gasteiger charge is -2.24. The fraction of sp³-hybridized carbons (Fsp3) is 0.222. The number of ether oxygens (including phenoxy) is 2. The third kappa shape index (κ3) is 10.7. The van der Waals surface area contributed by atoms with E-state index in [2.05, 4.69) is 31.9 Å². The number of amides is 4. The van der Waals surface area contributed by atoms with Crippen LogP contribution in [0, 0.1) is 34.3 Å². The van der Waals surface area contributed by atoms with Gasteiger partial charge in [0.1, 0.15) is 11.6 Å². The highest BCUT2D eigenvalue weighted by Gasteiger charge is 2.19. The van der Waals surface area contributed by atoms with Gasteiger partial charge in [0.15, 0.2) is 0 Å². The quantitative estimate of drug-likeness (QED) is 0.129. The molecule has 2 fully saturated rings. The highest BCUT2D eigenvalue weighted by Crippen LogP contribution is 2.28. The van der Waals surface area contributed by atoms with Crippen molar-refractivity contribution in [2.45, 2.75) is 12.2 Å². The topological polar surface area (TPSA) is 172 Å². The zero-order valence-electron chi connectivity index (χ0n) is 27.1. The van der Waals surface area contributed by atoms with Crippen LogP contribution in [0.3, 0.4) is 0 Å². The monoisotopic (exact) mass is 714 g/mol. The maximum Gasteiger partial charge on any atom is 0.323 e. The van der Waals surface area contributed by atoms with Crippen molar-refractivity contribution in [2.75, 3.05) is 60.7 Å². The van der Waals surface area contributed by atoms with E-state index < -0.39 is 23.7 Å². The molecule has 0 unspecified atom stereocenters. The molecule has 15 heteroatoms. The summed E-state index contributed by atoms with van der Waals surface area (Å²) in [5, 5.41) is 34.7. The number of nitriles is 2. The minimum Gasteiger partial charge on any atom is -0.371 e. The first-order chi connectivity index (χ1) is 24.7. The second kappa shape index (κ2) is 17.9. The van der Waals surface area contributed by atoms with Crippen molar-refractivity contribution >= 4 is 46.4 Å². The minimum absolute atomic E-state index is 0.0214. The number of nitrogens with one attached hydrogen (secondary N) is 6. The van der Waals surface area contributed by atoms with Crippen LogP contribution in [0.25, 0.3) is 0 Å². The molecule has 2 heterocycles. The Morgan fingerprint density at radius 3 is 1.88 bits per heavy atom. The third-order valence-electron chi connectivity index (χ3n) is 7.62. The Morgan fingerprint density at radius 2 is 1.29 bits per heavy atom. The molecule has 0 saturated carbocycles. The molecule has 0 radical (unpaired) electrons. The van der Waals surface area contributed by atoms with Crippen molar-refractivity contribution in [3.05, 3.63) is 118 Å². The maximum absolute atomic E-state index is 14.3. The minimum atomic E-state index is -0.748. The lowest BCUT2D eigenvalue weighted by atomic mass is 10.1. The lowest BCUT2D eigenvalue weighted by molar-refractivity contribution is 0.0275. The van der Waals surface area contributed by atoms with Gasteiger partial charge in [0, 0.05) is 37.6 Å². The summed E-state index contributed by atoms with van der Waals surface area (Å²) in [5.41, 5.74) is 3.28. The van der Waals surface area contributed by atoms with Crippen molar-refractivity contribution < 1.29 is 27.8 Å². The van der Waals surface area contributed by atoms with E-state index >= 15 is 0 Å². The molecule has 6 N–H and O–H groups in total. The van der Waals surface area contributed by atoms with Gasteiger partial charge in [-0.3, -0.25) is 0 Å². The Kier molecular flexibility index (Phi) is 12.8. The van der Waals surface area contributed by atoms with E-state index in [1.54, 1.807) is 48.5 Å². The number of carbonyl (C=O) groups excluding carboxylic acids is 2. The summed E-state index contributed by atoms with van der Waals surface area (Å²) in [6, 6.07) is 22.6. The summed E-state index contributed by atoms with van der Waals surface area (Å²) in [6.07, 6.45) is -0.277. The summed E-state index contributed by atoms with van der Waals surface area (Å²) in [5.74, 6) is -1.26. The molecule has 4 aromatic carbocycles. The highest BCUT2D eigenvalue weighted by atomic mass is 35.5. The summed E-state index contributed by atoms with van der Waals surface area (Å²) in [7, 11) is 0. The van der Waals surface area contributed by atoms with Gasteiger partial charge in [-0.25, -0.2) is 18.4 Å². The van der Waals surface area contributed by atoms with Gasteiger partial charge >= 0.3 is 12.1 Å². The normalized spacial score (nSPS) is 16.6. The van der Waals surface area contributed by atoms with Gasteiger partial charge in [-0.05, 0) is 71.8 Å². The lowest BCUT2D eigenvalue weighted by Crippen LogP contribution is -2.33. The van der Waals surface area contributed by atoms with Gasteiger partial charge in [0.2, 0.25) is 0 Å². The average molecular weight is 715 g/mol. The fourth-order valence-corrected chi connectivity index (χ4v) is 5.42. The molecule has 4 amide bonds. The van der Waals surface area contributed by atoms with E-state index in [1.165, 1.54) is 18.2 Å². The maximum atomic E-state index is 14.3. The number of halogens is 3. The van der Waals surface area contributed by atoms with Crippen molar-refractivity contribution in [3.63, 3.8) is 0 Å². The second-order valence-electron chi connectivity index (χ2n) is 11.3. The zero-order valence-corrected chi connectivity index (χ0v) is 27.8. The summed E-state index contributed by atoms with van der Waals surface area (Å²) < 4.78 is 38.9. The Bertz CT molecular complexity index is 1960. The van der Waals surface area contributed by atoms with Crippen LogP contribution in [0.4, 0.5) is 41.1 Å². The first kappa shape index (κ1) is 36.7. The number of hydrogen-bond donors (Lipinski definition) is 6. The number of rotatable bonds is 6. The first-order valence-electron chi connectivity index (χ1n) is 15.8. The molecule has 0 bridgehead atoms. The van der Waals surface area contributed by atoms with Crippen molar-refractivity contribution in [3.8, 4) is 12.1 Å². The number of nitrogens with zero attached hydrogens (tertiary/aromatic N) is 2. The van der Waals surface area contributed by atoms with Crippen LogP contribution in [0.2, 0.25) is 5.02 Å². The number of benzene rings is 4. The average Bonchev–Trinajstić information content (AvgIpc) is 3.14. The van der Waals surface area contributed by atoms with Crippen LogP contribution in [0.15, 0.2) is 78.9 Å². The van der Waals surface area contributed by atoms with E-state index in [0.717, 1.165) is 37.3 Å². The molecule has 12 nitrogen and oxygen atoms in total. The molecule has 4 aromatic rings. The van der Waals surface area contributed by atoms with Gasteiger partial charge in [-0.15, -0.1) is 0 Å². The number of morpholine rings is 2. The van der Waals surface area contributed by atoms with Crippen molar-refractivity contribution in [1.29, 1.82) is 10.5 Å². The smallest absolute Gasteiger partial charge is 0.323 e. The zero-order chi connectivity index (χ0) is 36.2. The van der Waals surface area contributed by atoms with Crippen LogP contribution in [0.1, 0.15) is 34.5 Å². The summed E-state index contributed by atoms with van der Waals surface area (Å²) >= 11 is 6.28. The molecule has 2 atom stereocenters. The van der Waals surface area contributed by atoms with E-state index in [1.807, 2.05) is 12.1 Å². The Hall–Kier alpha value is -5.61. The van der Waals surface area contributed by atoms with Gasteiger partial charge in [0.05, 0.1) is 65.1 Å². The van der Waals surface area contributed by atoms with Crippen molar-refractivity contribution in [2.24, 2.45) is 0 Å². The third-order valence-corrected chi connectivity index (χ3v) is 7.93. The highest BCUT2D eigenvalue weighted by molar-refractivity contribution is 6.33. The number of anilines is 4. The van der Waals surface area contributed by atoms with Gasteiger partial charge in [0.25, 0.3) is 0 Å². The molecule has 2 aliphatic rings. The van der Waals surface area contributed by atoms with Gasteiger partial charge in [-0.1, -0.05) is 29.8 Å². The van der Waals surface area contributed by atoms with Crippen LogP contribution < -0.4 is 31.9 Å². The Morgan fingerprint density at radius 1 is 0.706 bits per heavy atom. The first-order valence-corrected chi connectivity index (χ1v) is 16.2. The van der Waals surface area contributed by atoms with Gasteiger partial charge < -0.3 is 41.4 Å². The Labute approximate surface area is 297 Å². The predicted octanol–water partition coefficient (Wildman–Crippen LogP) is 6.66. The molecular weight excluding hydrogens is 682 g/mol.